The van der Waals surface area contributed by atoms with E-state index in [1.807, 2.05) is 6.07 Å². The molecule has 1 aromatic carbocycles. The molecule has 1 N–H and O–H groups in total. The maximum absolute atomic E-state index is 12.1. The Hall–Kier alpha value is -1.91. The van der Waals surface area contributed by atoms with Crippen molar-refractivity contribution >= 4 is 17.0 Å². The highest BCUT2D eigenvalue weighted by Crippen LogP contribution is 2.15. The molecule has 0 aliphatic carbocycles. The number of rotatable bonds is 12. The second kappa shape index (κ2) is 10.8. The fourth-order valence-corrected chi connectivity index (χ4v) is 2.86. The van der Waals surface area contributed by atoms with E-state index in [-0.39, 0.29) is 5.97 Å². The van der Waals surface area contributed by atoms with Crippen LogP contribution in [0.15, 0.2) is 18.2 Å². The minimum atomic E-state index is -0.314. The third-order valence-electron chi connectivity index (χ3n) is 4.30. The summed E-state index contributed by atoms with van der Waals surface area (Å²) in [6.07, 6.45) is 12.7. The number of aromatic nitrogens is 3. The van der Waals surface area contributed by atoms with E-state index in [2.05, 4.69) is 22.3 Å². The van der Waals surface area contributed by atoms with Crippen LogP contribution in [0.1, 0.15) is 81.5 Å². The molecule has 0 aliphatic rings. The normalized spacial score (nSPS) is 11.0. The van der Waals surface area contributed by atoms with Crippen molar-refractivity contribution in [1.29, 1.82) is 0 Å². The van der Waals surface area contributed by atoms with Gasteiger partial charge in [0, 0.05) is 0 Å². The van der Waals surface area contributed by atoms with Crippen molar-refractivity contribution in [3.8, 4) is 0 Å². The smallest absolute Gasteiger partial charge is 0.340 e. The Morgan fingerprint density at radius 3 is 2.33 bits per heavy atom. The van der Waals surface area contributed by atoms with Crippen molar-refractivity contribution < 1.29 is 9.53 Å². The molecule has 0 unspecified atom stereocenters. The van der Waals surface area contributed by atoms with Gasteiger partial charge in [-0.3, -0.25) is 0 Å². The van der Waals surface area contributed by atoms with E-state index in [0.29, 0.717) is 23.2 Å². The zero-order valence-electron chi connectivity index (χ0n) is 14.7. The number of unbranched alkanes of at least 4 members (excludes halogenated alkanes) is 9. The van der Waals surface area contributed by atoms with Crippen LogP contribution in [0.4, 0.5) is 0 Å². The topological polar surface area (TPSA) is 67.9 Å². The largest absolute Gasteiger partial charge is 0.462 e. The third-order valence-corrected chi connectivity index (χ3v) is 4.30. The molecule has 0 aliphatic heterocycles. The van der Waals surface area contributed by atoms with Crippen LogP contribution in [0.5, 0.6) is 0 Å². The van der Waals surface area contributed by atoms with Crippen molar-refractivity contribution in [2.75, 3.05) is 6.61 Å². The van der Waals surface area contributed by atoms with Crippen molar-refractivity contribution in [3.05, 3.63) is 23.8 Å². The number of aromatic amines is 1. The first kappa shape index (κ1) is 18.4. The summed E-state index contributed by atoms with van der Waals surface area (Å²) < 4.78 is 5.36. The van der Waals surface area contributed by atoms with Crippen LogP contribution >= 0.6 is 0 Å². The lowest BCUT2D eigenvalue weighted by Crippen LogP contribution is -2.07. The molecule has 2 aromatic rings. The van der Waals surface area contributed by atoms with Gasteiger partial charge in [-0.25, -0.2) is 4.79 Å². The molecule has 0 saturated carbocycles. The van der Waals surface area contributed by atoms with Gasteiger partial charge in [0.1, 0.15) is 11.0 Å². The average molecular weight is 331 g/mol. The van der Waals surface area contributed by atoms with E-state index >= 15 is 0 Å². The molecule has 0 amide bonds. The highest BCUT2D eigenvalue weighted by atomic mass is 16.5. The number of nitrogens with one attached hydrogen (secondary N) is 1. The zero-order chi connectivity index (χ0) is 17.0. The Morgan fingerprint density at radius 1 is 0.958 bits per heavy atom. The fourth-order valence-electron chi connectivity index (χ4n) is 2.86. The van der Waals surface area contributed by atoms with Crippen molar-refractivity contribution in [2.24, 2.45) is 0 Å². The predicted octanol–water partition coefficient (Wildman–Crippen LogP) is 5.04. The quantitative estimate of drug-likeness (QED) is 0.437. The SMILES string of the molecule is CCCCCCCCCCCCOC(=O)c1cccc2n[nH]nc12. The lowest BCUT2D eigenvalue weighted by molar-refractivity contribution is 0.0499. The summed E-state index contributed by atoms with van der Waals surface area (Å²) in [6, 6.07) is 5.34. The molecule has 5 heteroatoms. The first-order valence-electron chi connectivity index (χ1n) is 9.29. The van der Waals surface area contributed by atoms with Gasteiger partial charge in [0.05, 0.1) is 12.2 Å². The Balaban J connectivity index is 1.53. The second-order valence-electron chi connectivity index (χ2n) is 6.31. The maximum atomic E-state index is 12.1. The number of benzene rings is 1. The lowest BCUT2D eigenvalue weighted by Gasteiger charge is -2.05. The first-order chi connectivity index (χ1) is 11.8. The second-order valence-corrected chi connectivity index (χ2v) is 6.31. The summed E-state index contributed by atoms with van der Waals surface area (Å²) in [5.41, 5.74) is 1.74. The van der Waals surface area contributed by atoms with Gasteiger partial charge < -0.3 is 4.74 Å². The van der Waals surface area contributed by atoms with Crippen molar-refractivity contribution in [2.45, 2.75) is 71.1 Å². The molecular formula is C19H29N3O2. The number of hydrogen-bond acceptors (Lipinski definition) is 4. The number of para-hydroxylation sites is 1. The maximum Gasteiger partial charge on any atom is 0.340 e. The third kappa shape index (κ3) is 5.95. The van der Waals surface area contributed by atoms with Gasteiger partial charge in [-0.2, -0.15) is 15.4 Å². The monoisotopic (exact) mass is 331 g/mol. The van der Waals surface area contributed by atoms with Crippen LogP contribution in [-0.2, 0) is 4.74 Å². The van der Waals surface area contributed by atoms with Crippen LogP contribution in [-0.4, -0.2) is 28.0 Å². The lowest BCUT2D eigenvalue weighted by atomic mass is 10.1. The van der Waals surface area contributed by atoms with E-state index < -0.39 is 0 Å². The Morgan fingerprint density at radius 2 is 1.62 bits per heavy atom. The molecule has 2 rings (SSSR count). The van der Waals surface area contributed by atoms with E-state index in [1.165, 1.54) is 51.4 Å². The average Bonchev–Trinajstić information content (AvgIpc) is 3.08. The highest BCUT2D eigenvalue weighted by Gasteiger charge is 2.13. The van der Waals surface area contributed by atoms with Gasteiger partial charge in [-0.1, -0.05) is 70.8 Å². The number of esters is 1. The summed E-state index contributed by atoms with van der Waals surface area (Å²) in [7, 11) is 0. The van der Waals surface area contributed by atoms with Gasteiger partial charge in [0.15, 0.2) is 0 Å². The number of hydrogen-bond donors (Lipinski definition) is 1. The van der Waals surface area contributed by atoms with Crippen molar-refractivity contribution in [3.63, 3.8) is 0 Å². The fraction of sp³-hybridized carbons (Fsp3) is 0.632. The zero-order valence-corrected chi connectivity index (χ0v) is 14.7. The number of carbonyl (C=O) groups is 1. The molecule has 24 heavy (non-hydrogen) atoms. The van der Waals surface area contributed by atoms with E-state index in [4.69, 9.17) is 4.74 Å². The minimum Gasteiger partial charge on any atom is -0.462 e. The standard InChI is InChI=1S/C19H29N3O2/c1-2-3-4-5-6-7-8-9-10-11-15-24-19(23)16-13-12-14-17-18(16)21-22-20-17/h12-14H,2-11,15H2,1H3,(H,20,21,22). The van der Waals surface area contributed by atoms with E-state index in [0.717, 1.165) is 12.8 Å². The molecule has 0 bridgehead atoms. The van der Waals surface area contributed by atoms with Crippen LogP contribution < -0.4 is 0 Å². The molecule has 0 saturated heterocycles. The number of carbonyl (C=O) groups excluding carboxylic acids is 1. The molecule has 1 heterocycles. The first-order valence-corrected chi connectivity index (χ1v) is 9.29. The summed E-state index contributed by atoms with van der Waals surface area (Å²) in [6.45, 7) is 2.72. The summed E-state index contributed by atoms with van der Waals surface area (Å²) in [4.78, 5) is 12.1. The van der Waals surface area contributed by atoms with Gasteiger partial charge in [0.2, 0.25) is 0 Å². The Labute approximate surface area is 144 Å². The molecular weight excluding hydrogens is 302 g/mol. The van der Waals surface area contributed by atoms with Crippen LogP contribution in [0.3, 0.4) is 0 Å². The van der Waals surface area contributed by atoms with Gasteiger partial charge in [-0.15, -0.1) is 0 Å². The minimum absolute atomic E-state index is 0.314. The Kier molecular flexibility index (Phi) is 8.28. The molecule has 0 fully saturated rings. The number of fused-ring (bicyclic) bond motifs is 1. The number of ether oxygens (including phenoxy) is 1. The molecule has 0 radical (unpaired) electrons. The molecule has 5 nitrogen and oxygen atoms in total. The molecule has 0 atom stereocenters. The molecule has 132 valence electrons. The van der Waals surface area contributed by atoms with E-state index in [9.17, 15) is 4.79 Å². The van der Waals surface area contributed by atoms with Gasteiger partial charge >= 0.3 is 5.97 Å². The Bertz CT molecular complexity index is 609. The van der Waals surface area contributed by atoms with E-state index in [1.54, 1.807) is 12.1 Å². The molecule has 0 spiro atoms. The predicted molar refractivity (Wildman–Crippen MR) is 96.0 cm³/mol. The summed E-state index contributed by atoms with van der Waals surface area (Å²) in [5, 5.41) is 10.5. The van der Waals surface area contributed by atoms with Gasteiger partial charge in [-0.05, 0) is 18.6 Å². The van der Waals surface area contributed by atoms with Crippen molar-refractivity contribution in [1.82, 2.24) is 15.4 Å². The summed E-state index contributed by atoms with van der Waals surface area (Å²) in [5.74, 6) is -0.314. The van der Waals surface area contributed by atoms with Crippen LogP contribution in [0.2, 0.25) is 0 Å². The van der Waals surface area contributed by atoms with Crippen LogP contribution in [0.25, 0.3) is 11.0 Å². The van der Waals surface area contributed by atoms with Gasteiger partial charge in [0.25, 0.3) is 0 Å². The highest BCUT2D eigenvalue weighted by molar-refractivity contribution is 6.01. The van der Waals surface area contributed by atoms with Crippen LogP contribution in [0, 0.1) is 0 Å². The number of nitrogens with zero attached hydrogens (tertiary/aromatic N) is 2. The molecule has 1 aromatic heterocycles. The number of H-pyrrole nitrogens is 1. The summed E-state index contributed by atoms with van der Waals surface area (Å²) >= 11 is 0.